The topological polar surface area (TPSA) is 56.7 Å². The predicted octanol–water partition coefficient (Wildman–Crippen LogP) is 3.58. The Morgan fingerprint density at radius 1 is 1.24 bits per heavy atom. The number of rotatable bonds is 2. The smallest absolute Gasteiger partial charge is 0.201 e. The van der Waals surface area contributed by atoms with Crippen LogP contribution in [0.5, 0.6) is 0 Å². The summed E-state index contributed by atoms with van der Waals surface area (Å²) in [6.45, 7) is 5.67. The van der Waals surface area contributed by atoms with E-state index in [0.717, 1.165) is 21.6 Å². The fourth-order valence-electron chi connectivity index (χ4n) is 2.58. The van der Waals surface area contributed by atoms with E-state index in [0.29, 0.717) is 5.52 Å². The maximum absolute atomic E-state index is 14.2. The molecule has 0 aliphatic carbocycles. The predicted molar refractivity (Wildman–Crippen MR) is 79.5 cm³/mol. The molecule has 7 heteroatoms. The molecule has 0 aliphatic rings. The zero-order chi connectivity index (χ0) is 15.3. The molecule has 110 valence electrons. The third-order valence-corrected chi connectivity index (χ3v) is 4.72. The second kappa shape index (κ2) is 4.77. The van der Waals surface area contributed by atoms with Gasteiger partial charge in [-0.1, -0.05) is 0 Å². The van der Waals surface area contributed by atoms with Gasteiger partial charge in [0, 0.05) is 0 Å². The molecule has 1 unspecified atom stereocenters. The molecular weight excluding hydrogens is 294 g/mol. The average Bonchev–Trinajstić information content (AvgIpc) is 2.93. The third-order valence-electron chi connectivity index (χ3n) is 3.48. The van der Waals surface area contributed by atoms with Gasteiger partial charge in [-0.15, -0.1) is 11.3 Å². The van der Waals surface area contributed by atoms with E-state index in [-0.39, 0.29) is 17.5 Å². The number of thiazole rings is 1. The summed E-state index contributed by atoms with van der Waals surface area (Å²) in [6.07, 6.45) is 0. The van der Waals surface area contributed by atoms with Crippen LogP contribution in [0.4, 0.5) is 14.7 Å². The molecule has 0 radical (unpaired) electrons. The van der Waals surface area contributed by atoms with E-state index in [1.54, 1.807) is 0 Å². The van der Waals surface area contributed by atoms with E-state index >= 15 is 0 Å². The largest absolute Gasteiger partial charge is 0.369 e. The van der Waals surface area contributed by atoms with Crippen molar-refractivity contribution in [3.63, 3.8) is 0 Å². The zero-order valence-corrected chi connectivity index (χ0v) is 12.6. The molecule has 0 aliphatic heterocycles. The molecule has 0 saturated heterocycles. The SMILES string of the molecule is Cc1nc(C)c(C(C)n2c(N)nc3ccc(F)c(F)c32)s1. The Morgan fingerprint density at radius 2 is 1.95 bits per heavy atom. The number of imidazole rings is 1. The van der Waals surface area contributed by atoms with Gasteiger partial charge in [-0.25, -0.2) is 18.7 Å². The van der Waals surface area contributed by atoms with E-state index < -0.39 is 11.6 Å². The summed E-state index contributed by atoms with van der Waals surface area (Å²) in [6, 6.07) is 2.22. The van der Waals surface area contributed by atoms with Crippen molar-refractivity contribution >= 4 is 28.3 Å². The first-order chi connectivity index (χ1) is 9.90. The molecule has 4 nitrogen and oxygen atoms in total. The maximum atomic E-state index is 14.2. The number of benzene rings is 1. The first-order valence-electron chi connectivity index (χ1n) is 6.45. The van der Waals surface area contributed by atoms with Crippen LogP contribution >= 0.6 is 11.3 Å². The van der Waals surface area contributed by atoms with Gasteiger partial charge < -0.3 is 5.73 Å². The van der Waals surface area contributed by atoms with Crippen molar-refractivity contribution in [3.05, 3.63) is 39.3 Å². The Balaban J connectivity index is 2.27. The molecule has 0 fully saturated rings. The lowest BCUT2D eigenvalue weighted by Gasteiger charge is -2.15. The lowest BCUT2D eigenvalue weighted by molar-refractivity contribution is 0.509. The first-order valence-corrected chi connectivity index (χ1v) is 7.27. The van der Waals surface area contributed by atoms with Crippen LogP contribution in [0.1, 0.15) is 28.5 Å². The van der Waals surface area contributed by atoms with Crippen LogP contribution in [0.3, 0.4) is 0 Å². The maximum Gasteiger partial charge on any atom is 0.201 e. The van der Waals surface area contributed by atoms with Crippen molar-refractivity contribution in [1.82, 2.24) is 14.5 Å². The highest BCUT2D eigenvalue weighted by molar-refractivity contribution is 7.11. The number of fused-ring (bicyclic) bond motifs is 1. The number of nitrogen functional groups attached to an aromatic ring is 1. The van der Waals surface area contributed by atoms with E-state index in [1.807, 2.05) is 20.8 Å². The summed E-state index contributed by atoms with van der Waals surface area (Å²) in [5.74, 6) is -1.68. The molecule has 0 spiro atoms. The minimum absolute atomic E-state index is 0.0884. The van der Waals surface area contributed by atoms with Gasteiger partial charge in [0.05, 0.1) is 27.1 Å². The molecular formula is C14H14F2N4S. The fourth-order valence-corrected chi connectivity index (χ4v) is 3.56. The van der Waals surface area contributed by atoms with Crippen LogP contribution in [0, 0.1) is 25.5 Å². The van der Waals surface area contributed by atoms with Crippen molar-refractivity contribution in [2.75, 3.05) is 5.73 Å². The van der Waals surface area contributed by atoms with E-state index in [4.69, 9.17) is 5.73 Å². The molecule has 0 amide bonds. The molecule has 0 bridgehead atoms. The van der Waals surface area contributed by atoms with Gasteiger partial charge in [0.1, 0.15) is 5.52 Å². The molecule has 3 aromatic rings. The Bertz CT molecular complexity index is 837. The molecule has 21 heavy (non-hydrogen) atoms. The molecule has 2 heterocycles. The third kappa shape index (κ3) is 2.08. The summed E-state index contributed by atoms with van der Waals surface area (Å²) in [5.41, 5.74) is 7.21. The van der Waals surface area contributed by atoms with E-state index in [1.165, 1.54) is 22.0 Å². The number of aromatic nitrogens is 3. The monoisotopic (exact) mass is 308 g/mol. The quantitative estimate of drug-likeness (QED) is 0.787. The van der Waals surface area contributed by atoms with Gasteiger partial charge in [0.25, 0.3) is 0 Å². The normalized spacial score (nSPS) is 13.0. The molecule has 1 aromatic carbocycles. The number of aryl methyl sites for hydroxylation is 2. The minimum Gasteiger partial charge on any atom is -0.369 e. The zero-order valence-electron chi connectivity index (χ0n) is 11.8. The molecule has 0 saturated carbocycles. The number of halogens is 2. The van der Waals surface area contributed by atoms with Crippen molar-refractivity contribution in [2.45, 2.75) is 26.8 Å². The van der Waals surface area contributed by atoms with Crippen LogP contribution in [0.2, 0.25) is 0 Å². The lowest BCUT2D eigenvalue weighted by atomic mass is 10.2. The number of nitrogens with two attached hydrogens (primary N) is 1. The second-order valence-electron chi connectivity index (χ2n) is 4.93. The van der Waals surface area contributed by atoms with Crippen LogP contribution < -0.4 is 5.73 Å². The van der Waals surface area contributed by atoms with Crippen molar-refractivity contribution in [2.24, 2.45) is 0 Å². The number of anilines is 1. The summed E-state index contributed by atoms with van der Waals surface area (Å²) in [7, 11) is 0. The standard InChI is InChI=1S/C14H14F2N4S/c1-6-13(21-8(3)18-6)7(2)20-12-10(19-14(20)17)5-4-9(15)11(12)16/h4-5,7H,1-3H3,(H2,17,19). The molecule has 2 N–H and O–H groups in total. The lowest BCUT2D eigenvalue weighted by Crippen LogP contribution is -2.11. The second-order valence-corrected chi connectivity index (χ2v) is 6.16. The molecule has 3 rings (SSSR count). The van der Waals surface area contributed by atoms with Crippen LogP contribution in [-0.2, 0) is 0 Å². The fraction of sp³-hybridized carbons (Fsp3) is 0.286. The van der Waals surface area contributed by atoms with Crippen LogP contribution in [0.25, 0.3) is 11.0 Å². The van der Waals surface area contributed by atoms with Gasteiger partial charge in [-0.05, 0) is 32.9 Å². The Labute approximate surface area is 124 Å². The van der Waals surface area contributed by atoms with E-state index in [2.05, 4.69) is 9.97 Å². The molecule has 1 atom stereocenters. The van der Waals surface area contributed by atoms with Crippen LogP contribution in [-0.4, -0.2) is 14.5 Å². The summed E-state index contributed by atoms with van der Waals surface area (Å²) < 4.78 is 29.2. The summed E-state index contributed by atoms with van der Waals surface area (Å²) in [5, 5.41) is 0.920. The highest BCUT2D eigenvalue weighted by Crippen LogP contribution is 2.33. The average molecular weight is 308 g/mol. The highest BCUT2D eigenvalue weighted by atomic mass is 32.1. The highest BCUT2D eigenvalue weighted by Gasteiger charge is 2.23. The van der Waals surface area contributed by atoms with E-state index in [9.17, 15) is 8.78 Å². The Kier molecular flexibility index (Phi) is 3.16. The number of hydrogen-bond donors (Lipinski definition) is 1. The number of nitrogens with zero attached hydrogens (tertiary/aromatic N) is 3. The van der Waals surface area contributed by atoms with Gasteiger partial charge in [-0.2, -0.15) is 0 Å². The Morgan fingerprint density at radius 3 is 2.57 bits per heavy atom. The van der Waals surface area contributed by atoms with Gasteiger partial charge in [-0.3, -0.25) is 4.57 Å². The van der Waals surface area contributed by atoms with Gasteiger partial charge in [0.15, 0.2) is 11.6 Å². The summed E-state index contributed by atoms with van der Waals surface area (Å²) in [4.78, 5) is 9.44. The van der Waals surface area contributed by atoms with Gasteiger partial charge >= 0.3 is 0 Å². The van der Waals surface area contributed by atoms with Crippen molar-refractivity contribution in [1.29, 1.82) is 0 Å². The Hall–Kier alpha value is -2.02. The number of hydrogen-bond acceptors (Lipinski definition) is 4. The van der Waals surface area contributed by atoms with Crippen molar-refractivity contribution < 1.29 is 8.78 Å². The first kappa shape index (κ1) is 13.9. The minimum atomic E-state index is -0.928. The summed E-state index contributed by atoms with van der Waals surface area (Å²) >= 11 is 1.52. The van der Waals surface area contributed by atoms with Crippen molar-refractivity contribution in [3.8, 4) is 0 Å². The van der Waals surface area contributed by atoms with Gasteiger partial charge in [0.2, 0.25) is 5.95 Å². The van der Waals surface area contributed by atoms with Crippen LogP contribution in [0.15, 0.2) is 12.1 Å². The molecule has 2 aromatic heterocycles.